The Labute approximate surface area is 113 Å². The zero-order chi connectivity index (χ0) is 13.7. The van der Waals surface area contributed by atoms with Crippen molar-refractivity contribution < 1.29 is 9.18 Å². The first-order chi connectivity index (χ1) is 9.15. The molecule has 1 fully saturated rings. The third kappa shape index (κ3) is 4.31. The van der Waals surface area contributed by atoms with Crippen LogP contribution in [0.25, 0.3) is 0 Å². The van der Waals surface area contributed by atoms with E-state index < -0.39 is 0 Å². The van der Waals surface area contributed by atoms with E-state index in [4.69, 9.17) is 0 Å². The first-order valence-electron chi connectivity index (χ1n) is 6.89. The molecule has 2 rings (SSSR count). The largest absolute Gasteiger partial charge is 0.353 e. The number of halogens is 1. The molecule has 0 bridgehead atoms. The number of carbonyl (C=O) groups is 1. The van der Waals surface area contributed by atoms with Gasteiger partial charge in [-0.05, 0) is 56.5 Å². The van der Waals surface area contributed by atoms with Crippen LogP contribution in [0.3, 0.4) is 0 Å². The highest BCUT2D eigenvalue weighted by molar-refractivity contribution is 5.78. The van der Waals surface area contributed by atoms with E-state index in [0.29, 0.717) is 12.3 Å². The van der Waals surface area contributed by atoms with Gasteiger partial charge in [0.05, 0.1) is 6.42 Å². The van der Waals surface area contributed by atoms with E-state index in [1.165, 1.54) is 12.1 Å². The van der Waals surface area contributed by atoms with Crippen LogP contribution in [0.4, 0.5) is 4.39 Å². The second kappa shape index (κ2) is 6.66. The van der Waals surface area contributed by atoms with Gasteiger partial charge in [0.15, 0.2) is 0 Å². The Kier molecular flexibility index (Phi) is 4.91. The minimum absolute atomic E-state index is 0.0117. The van der Waals surface area contributed by atoms with E-state index >= 15 is 0 Å². The molecule has 0 aliphatic carbocycles. The standard InChI is InChI=1S/C15H21FN2O/c1-11(13-6-8-17-9-7-13)18-15(19)10-12-2-4-14(16)5-3-12/h2-5,11,13,17H,6-10H2,1H3,(H,18,19). The molecule has 1 amide bonds. The van der Waals surface area contributed by atoms with E-state index in [1.807, 2.05) is 0 Å². The second-order valence-electron chi connectivity index (χ2n) is 5.25. The number of hydrogen-bond donors (Lipinski definition) is 2. The summed E-state index contributed by atoms with van der Waals surface area (Å²) < 4.78 is 12.8. The molecule has 4 heteroatoms. The van der Waals surface area contributed by atoms with Crippen LogP contribution in [-0.2, 0) is 11.2 Å². The number of benzene rings is 1. The Morgan fingerprint density at radius 1 is 1.37 bits per heavy atom. The molecule has 0 spiro atoms. The van der Waals surface area contributed by atoms with Crippen molar-refractivity contribution in [2.24, 2.45) is 5.92 Å². The average molecular weight is 264 g/mol. The van der Waals surface area contributed by atoms with Crippen molar-refractivity contribution in [1.29, 1.82) is 0 Å². The van der Waals surface area contributed by atoms with Crippen molar-refractivity contribution in [1.82, 2.24) is 10.6 Å². The molecule has 3 nitrogen and oxygen atoms in total. The molecule has 2 N–H and O–H groups in total. The molecule has 1 aromatic carbocycles. The fraction of sp³-hybridized carbons (Fsp3) is 0.533. The summed E-state index contributed by atoms with van der Waals surface area (Å²) in [4.78, 5) is 11.9. The molecule has 1 aliphatic heterocycles. The van der Waals surface area contributed by atoms with Gasteiger partial charge in [-0.25, -0.2) is 4.39 Å². The third-order valence-corrected chi connectivity index (χ3v) is 3.76. The van der Waals surface area contributed by atoms with E-state index in [2.05, 4.69) is 17.6 Å². The van der Waals surface area contributed by atoms with Crippen molar-refractivity contribution in [3.63, 3.8) is 0 Å². The van der Waals surface area contributed by atoms with Gasteiger partial charge < -0.3 is 10.6 Å². The zero-order valence-corrected chi connectivity index (χ0v) is 11.3. The first kappa shape index (κ1) is 14.0. The minimum Gasteiger partial charge on any atom is -0.353 e. The van der Waals surface area contributed by atoms with Crippen molar-refractivity contribution in [2.75, 3.05) is 13.1 Å². The normalized spacial score (nSPS) is 18.0. The van der Waals surface area contributed by atoms with E-state index in [-0.39, 0.29) is 17.8 Å². The van der Waals surface area contributed by atoms with Gasteiger partial charge in [-0.3, -0.25) is 4.79 Å². The number of nitrogens with one attached hydrogen (secondary N) is 2. The Morgan fingerprint density at radius 3 is 2.63 bits per heavy atom. The number of rotatable bonds is 4. The predicted octanol–water partition coefficient (Wildman–Crippen LogP) is 1.87. The molecule has 1 aromatic rings. The number of amides is 1. The van der Waals surface area contributed by atoms with Gasteiger partial charge in [0.1, 0.15) is 5.82 Å². The van der Waals surface area contributed by atoms with Gasteiger partial charge in [0.2, 0.25) is 5.91 Å². The maximum atomic E-state index is 12.8. The predicted molar refractivity (Wildman–Crippen MR) is 73.3 cm³/mol. The number of carbonyl (C=O) groups excluding carboxylic acids is 1. The molecule has 0 saturated carbocycles. The molecular formula is C15H21FN2O. The molecule has 1 atom stereocenters. The fourth-order valence-corrected chi connectivity index (χ4v) is 2.55. The summed E-state index contributed by atoms with van der Waals surface area (Å²) >= 11 is 0. The highest BCUT2D eigenvalue weighted by Crippen LogP contribution is 2.16. The van der Waals surface area contributed by atoms with Crippen LogP contribution in [0.1, 0.15) is 25.3 Å². The van der Waals surface area contributed by atoms with Gasteiger partial charge in [-0.1, -0.05) is 12.1 Å². The minimum atomic E-state index is -0.271. The summed E-state index contributed by atoms with van der Waals surface area (Å²) in [7, 11) is 0. The van der Waals surface area contributed by atoms with E-state index in [1.54, 1.807) is 12.1 Å². The Bertz CT molecular complexity index is 413. The van der Waals surface area contributed by atoms with Crippen LogP contribution in [0, 0.1) is 11.7 Å². The maximum absolute atomic E-state index is 12.8. The molecule has 0 aromatic heterocycles. The zero-order valence-electron chi connectivity index (χ0n) is 11.3. The lowest BCUT2D eigenvalue weighted by molar-refractivity contribution is -0.121. The van der Waals surface area contributed by atoms with Crippen molar-refractivity contribution in [3.8, 4) is 0 Å². The highest BCUT2D eigenvalue weighted by atomic mass is 19.1. The van der Waals surface area contributed by atoms with Gasteiger partial charge in [-0.2, -0.15) is 0 Å². The maximum Gasteiger partial charge on any atom is 0.224 e. The smallest absolute Gasteiger partial charge is 0.224 e. The Hall–Kier alpha value is -1.42. The molecule has 1 saturated heterocycles. The van der Waals surface area contributed by atoms with Crippen molar-refractivity contribution in [3.05, 3.63) is 35.6 Å². The van der Waals surface area contributed by atoms with Crippen LogP contribution in [0.2, 0.25) is 0 Å². The van der Waals surface area contributed by atoms with Crippen LogP contribution >= 0.6 is 0 Å². The second-order valence-corrected chi connectivity index (χ2v) is 5.25. The molecule has 1 heterocycles. The topological polar surface area (TPSA) is 41.1 Å². The lowest BCUT2D eigenvalue weighted by atomic mass is 9.91. The molecule has 1 aliphatic rings. The summed E-state index contributed by atoms with van der Waals surface area (Å²) in [6, 6.07) is 6.29. The third-order valence-electron chi connectivity index (χ3n) is 3.76. The van der Waals surface area contributed by atoms with Crippen molar-refractivity contribution in [2.45, 2.75) is 32.2 Å². The fourth-order valence-electron chi connectivity index (χ4n) is 2.55. The van der Waals surface area contributed by atoms with Crippen LogP contribution in [0.15, 0.2) is 24.3 Å². The van der Waals surface area contributed by atoms with Gasteiger partial charge in [0, 0.05) is 6.04 Å². The quantitative estimate of drug-likeness (QED) is 0.871. The number of hydrogen-bond acceptors (Lipinski definition) is 2. The summed E-state index contributed by atoms with van der Waals surface area (Å²) in [6.07, 6.45) is 2.53. The molecule has 19 heavy (non-hydrogen) atoms. The summed E-state index contributed by atoms with van der Waals surface area (Å²) in [5.74, 6) is 0.295. The average Bonchev–Trinajstić information content (AvgIpc) is 2.42. The first-order valence-corrected chi connectivity index (χ1v) is 6.89. The van der Waals surface area contributed by atoms with Gasteiger partial charge in [-0.15, -0.1) is 0 Å². The van der Waals surface area contributed by atoms with Gasteiger partial charge >= 0.3 is 0 Å². The van der Waals surface area contributed by atoms with Gasteiger partial charge in [0.25, 0.3) is 0 Å². The summed E-state index contributed by atoms with van der Waals surface area (Å²) in [5, 5.41) is 6.37. The Morgan fingerprint density at radius 2 is 2.00 bits per heavy atom. The van der Waals surface area contributed by atoms with Crippen LogP contribution < -0.4 is 10.6 Å². The molecular weight excluding hydrogens is 243 g/mol. The monoisotopic (exact) mass is 264 g/mol. The van der Waals surface area contributed by atoms with E-state index in [9.17, 15) is 9.18 Å². The summed E-state index contributed by atoms with van der Waals surface area (Å²) in [5.41, 5.74) is 0.844. The summed E-state index contributed by atoms with van der Waals surface area (Å²) in [6.45, 7) is 4.13. The Balaban J connectivity index is 1.81. The highest BCUT2D eigenvalue weighted by Gasteiger charge is 2.21. The van der Waals surface area contributed by atoms with Crippen LogP contribution in [-0.4, -0.2) is 25.0 Å². The van der Waals surface area contributed by atoms with Crippen LogP contribution in [0.5, 0.6) is 0 Å². The molecule has 0 radical (unpaired) electrons. The number of piperidine rings is 1. The van der Waals surface area contributed by atoms with Crippen molar-refractivity contribution >= 4 is 5.91 Å². The molecule has 104 valence electrons. The van der Waals surface area contributed by atoms with E-state index in [0.717, 1.165) is 31.5 Å². The molecule has 1 unspecified atom stereocenters. The SMILES string of the molecule is CC(NC(=O)Cc1ccc(F)cc1)C1CCNCC1. The lowest BCUT2D eigenvalue weighted by Crippen LogP contribution is -2.43. The lowest BCUT2D eigenvalue weighted by Gasteiger charge is -2.28.